The van der Waals surface area contributed by atoms with Crippen LogP contribution in [0.4, 0.5) is 13.2 Å². The van der Waals surface area contributed by atoms with Gasteiger partial charge in [-0.25, -0.2) is 0 Å². The van der Waals surface area contributed by atoms with Gasteiger partial charge in [-0.05, 0) is 103 Å². The zero-order valence-electron chi connectivity index (χ0n) is 37.2. The molecule has 14 aromatic rings. The largest absolute Gasteiger partial charge is 0.416 e. The SMILES string of the molecule is N#Cc1ccc(-n2c3ccccc3c3cc4c5ccccc5n(-c5ccccc5)c4cc32)c(-c2ccc(C(F)(F)F)cc2-n2c3ccccc3c3cc4c5ccccc5n(-c5ccccc5)c4cc32)c1. The van der Waals surface area contributed by atoms with Crippen molar-refractivity contribution in [2.24, 2.45) is 0 Å². The summed E-state index contributed by atoms with van der Waals surface area (Å²) in [5.74, 6) is 0. The lowest BCUT2D eigenvalue weighted by molar-refractivity contribution is -0.137. The molecular weight excluding hydrogens is 872 g/mol. The minimum Gasteiger partial charge on any atom is -0.309 e. The normalized spacial score (nSPS) is 12.2. The van der Waals surface area contributed by atoms with Crippen molar-refractivity contribution in [1.82, 2.24) is 18.3 Å². The van der Waals surface area contributed by atoms with E-state index >= 15 is 13.2 Å². The van der Waals surface area contributed by atoms with Gasteiger partial charge in [0.05, 0.1) is 72.7 Å². The molecule has 0 atom stereocenters. The van der Waals surface area contributed by atoms with Crippen LogP contribution in [0.3, 0.4) is 0 Å². The first-order valence-corrected chi connectivity index (χ1v) is 23.1. The number of hydrogen-bond acceptors (Lipinski definition) is 1. The van der Waals surface area contributed by atoms with E-state index in [1.54, 1.807) is 12.1 Å². The van der Waals surface area contributed by atoms with Gasteiger partial charge in [-0.2, -0.15) is 18.4 Å². The summed E-state index contributed by atoms with van der Waals surface area (Å²) in [5, 5.41) is 18.8. The van der Waals surface area contributed by atoms with E-state index < -0.39 is 11.7 Å². The van der Waals surface area contributed by atoms with Crippen molar-refractivity contribution in [3.8, 4) is 39.9 Å². The highest BCUT2D eigenvalue weighted by atomic mass is 19.4. The lowest BCUT2D eigenvalue weighted by atomic mass is 9.97. The zero-order chi connectivity index (χ0) is 46.8. The van der Waals surface area contributed by atoms with Gasteiger partial charge < -0.3 is 18.3 Å². The Morgan fingerprint density at radius 2 is 0.714 bits per heavy atom. The lowest BCUT2D eigenvalue weighted by Crippen LogP contribution is -2.08. The zero-order valence-corrected chi connectivity index (χ0v) is 37.2. The Hall–Kier alpha value is -9.32. The second kappa shape index (κ2) is 14.8. The second-order valence-electron chi connectivity index (χ2n) is 17.9. The van der Waals surface area contributed by atoms with Gasteiger partial charge in [0.1, 0.15) is 0 Å². The number of para-hydroxylation sites is 6. The van der Waals surface area contributed by atoms with Crippen molar-refractivity contribution in [1.29, 1.82) is 5.26 Å². The molecule has 0 amide bonds. The number of nitrogens with zero attached hydrogens (tertiary/aromatic N) is 5. The summed E-state index contributed by atoms with van der Waals surface area (Å²) in [4.78, 5) is 0. The number of rotatable bonds is 5. The van der Waals surface area contributed by atoms with Crippen LogP contribution in [0.15, 0.2) is 218 Å². The number of hydrogen-bond donors (Lipinski definition) is 0. The predicted octanol–water partition coefficient (Wildman–Crippen LogP) is 16.6. The van der Waals surface area contributed by atoms with Crippen LogP contribution in [-0.2, 0) is 6.18 Å². The fourth-order valence-electron chi connectivity index (χ4n) is 11.2. The molecule has 10 aromatic carbocycles. The standard InChI is InChI=1S/C62H36F3N5/c63-62(64,65)39-28-29-46(57(32-39)70-55-26-14-10-22-45(55)51-34-49-43-20-8-12-24-53(43)68(59(49)36-61(51)70)41-17-5-2-6-18-41)47-31-38(37-66)27-30-56(47)69-54-25-13-9-21-44(54)50-33-48-42-19-7-11-23-52(42)67(58(48)35-60(50)69)40-15-3-1-4-16-40/h1-36H. The van der Waals surface area contributed by atoms with Crippen LogP contribution in [-0.4, -0.2) is 18.3 Å². The Morgan fingerprint density at radius 1 is 0.314 bits per heavy atom. The summed E-state index contributed by atoms with van der Waals surface area (Å²) in [6.07, 6.45) is -4.65. The van der Waals surface area contributed by atoms with Crippen LogP contribution in [0.2, 0.25) is 0 Å². The maximum Gasteiger partial charge on any atom is 0.416 e. The molecule has 0 aliphatic carbocycles. The van der Waals surface area contributed by atoms with Gasteiger partial charge in [0.2, 0.25) is 0 Å². The Kier molecular flexibility index (Phi) is 8.44. The van der Waals surface area contributed by atoms with E-state index in [4.69, 9.17) is 0 Å². The Morgan fingerprint density at radius 3 is 1.16 bits per heavy atom. The van der Waals surface area contributed by atoms with Crippen molar-refractivity contribution < 1.29 is 13.2 Å². The van der Waals surface area contributed by atoms with Gasteiger partial charge in [0.15, 0.2) is 0 Å². The van der Waals surface area contributed by atoms with Gasteiger partial charge in [0, 0.05) is 65.6 Å². The first-order valence-electron chi connectivity index (χ1n) is 23.1. The predicted molar refractivity (Wildman–Crippen MR) is 279 cm³/mol. The van der Waals surface area contributed by atoms with Crippen LogP contribution < -0.4 is 0 Å². The third-order valence-electron chi connectivity index (χ3n) is 14.2. The maximum atomic E-state index is 15.2. The molecule has 70 heavy (non-hydrogen) atoms. The maximum absolute atomic E-state index is 15.2. The molecule has 4 heterocycles. The van der Waals surface area contributed by atoms with Crippen LogP contribution >= 0.6 is 0 Å². The summed E-state index contributed by atoms with van der Waals surface area (Å²) in [7, 11) is 0. The highest BCUT2D eigenvalue weighted by molar-refractivity contribution is 6.21. The van der Waals surface area contributed by atoms with Crippen molar-refractivity contribution in [2.75, 3.05) is 0 Å². The molecule has 330 valence electrons. The summed E-state index contributed by atoms with van der Waals surface area (Å²) < 4.78 is 54.3. The van der Waals surface area contributed by atoms with E-state index in [9.17, 15) is 5.26 Å². The van der Waals surface area contributed by atoms with Gasteiger partial charge in [-0.1, -0.05) is 115 Å². The molecule has 0 aliphatic rings. The molecule has 0 saturated heterocycles. The van der Waals surface area contributed by atoms with Crippen LogP contribution in [0.5, 0.6) is 0 Å². The van der Waals surface area contributed by atoms with E-state index in [1.807, 2.05) is 102 Å². The molecule has 0 aliphatic heterocycles. The number of fused-ring (bicyclic) bond motifs is 12. The molecule has 0 radical (unpaired) electrons. The molecule has 4 aromatic heterocycles. The lowest BCUT2D eigenvalue weighted by Gasteiger charge is -2.20. The van der Waals surface area contributed by atoms with Gasteiger partial charge in [-0.3, -0.25) is 0 Å². The average molecular weight is 908 g/mol. The fraction of sp³-hybridized carbons (Fsp3) is 0.0161. The minimum absolute atomic E-state index is 0.339. The monoisotopic (exact) mass is 907 g/mol. The smallest absolute Gasteiger partial charge is 0.309 e. The first-order chi connectivity index (χ1) is 34.3. The summed E-state index contributed by atoms with van der Waals surface area (Å²) in [5.41, 5.74) is 11.2. The van der Waals surface area contributed by atoms with Gasteiger partial charge >= 0.3 is 6.18 Å². The molecule has 0 fully saturated rings. The van der Waals surface area contributed by atoms with Gasteiger partial charge in [0.25, 0.3) is 0 Å². The van der Waals surface area contributed by atoms with E-state index in [-0.39, 0.29) is 0 Å². The number of halogens is 3. The van der Waals surface area contributed by atoms with Gasteiger partial charge in [-0.15, -0.1) is 0 Å². The minimum atomic E-state index is -4.65. The van der Waals surface area contributed by atoms with E-state index in [2.05, 4.69) is 117 Å². The number of benzene rings is 10. The van der Waals surface area contributed by atoms with Crippen molar-refractivity contribution in [3.63, 3.8) is 0 Å². The molecule has 14 rings (SSSR count). The number of aromatic nitrogens is 4. The fourth-order valence-corrected chi connectivity index (χ4v) is 11.2. The number of nitriles is 1. The van der Waals surface area contributed by atoms with Crippen LogP contribution in [0.25, 0.3) is 121 Å². The third kappa shape index (κ3) is 5.72. The molecule has 5 nitrogen and oxygen atoms in total. The Labute approximate surface area is 397 Å². The van der Waals surface area contributed by atoms with Crippen molar-refractivity contribution >= 4 is 87.2 Å². The third-order valence-corrected chi connectivity index (χ3v) is 14.2. The number of alkyl halides is 3. The van der Waals surface area contributed by atoms with Crippen LogP contribution in [0.1, 0.15) is 11.1 Å². The highest BCUT2D eigenvalue weighted by Crippen LogP contribution is 2.46. The summed E-state index contributed by atoms with van der Waals surface area (Å²) >= 11 is 0. The topological polar surface area (TPSA) is 43.5 Å². The van der Waals surface area contributed by atoms with Crippen molar-refractivity contribution in [3.05, 3.63) is 230 Å². The molecule has 0 spiro atoms. The molecule has 0 unspecified atom stereocenters. The molecular formula is C62H36F3N5. The summed E-state index contributed by atoms with van der Waals surface area (Å²) in [6.45, 7) is 0. The molecule has 0 saturated carbocycles. The molecule has 8 heteroatoms. The first kappa shape index (κ1) is 39.8. The second-order valence-corrected chi connectivity index (χ2v) is 17.9. The quantitative estimate of drug-likeness (QED) is 0.170. The molecule has 0 bridgehead atoms. The Balaban J connectivity index is 1.10. The average Bonchev–Trinajstić information content (AvgIpc) is 4.11. The van der Waals surface area contributed by atoms with E-state index in [0.29, 0.717) is 22.4 Å². The molecule has 0 N–H and O–H groups in total. The van der Waals surface area contributed by atoms with Crippen LogP contribution in [0, 0.1) is 11.3 Å². The van der Waals surface area contributed by atoms with Crippen molar-refractivity contribution in [2.45, 2.75) is 6.18 Å². The van der Waals surface area contributed by atoms with E-state index in [1.165, 1.54) is 6.07 Å². The van der Waals surface area contributed by atoms with E-state index in [0.717, 1.165) is 110 Å². The Bertz CT molecular complexity index is 4520. The highest BCUT2D eigenvalue weighted by Gasteiger charge is 2.33. The summed E-state index contributed by atoms with van der Waals surface area (Å²) in [6, 6.07) is 74.1.